The average molecular weight is 340 g/mol. The van der Waals surface area contributed by atoms with Crippen LogP contribution in [0.3, 0.4) is 0 Å². The predicted molar refractivity (Wildman–Crippen MR) is 85.1 cm³/mol. The summed E-state index contributed by atoms with van der Waals surface area (Å²) in [5, 5.41) is 10.0. The number of benzene rings is 2. The zero-order valence-electron chi connectivity index (χ0n) is 10.9. The number of hydrogen-bond donors (Lipinski definition) is 1. The molecule has 1 heterocycles. The maximum Gasteiger partial charge on any atom is 0.146 e. The van der Waals surface area contributed by atoms with Crippen molar-refractivity contribution in [1.29, 1.82) is 5.26 Å². The summed E-state index contributed by atoms with van der Waals surface area (Å²) in [6.45, 7) is 0. The Morgan fingerprint density at radius 3 is 2.76 bits per heavy atom. The second kappa shape index (κ2) is 5.43. The zero-order valence-corrected chi connectivity index (χ0v) is 12.5. The molecular formula is C16H10BrN3O. The molecule has 102 valence electrons. The summed E-state index contributed by atoms with van der Waals surface area (Å²) in [7, 11) is 0. The van der Waals surface area contributed by atoms with Gasteiger partial charge < -0.3 is 10.5 Å². The Hall–Kier alpha value is -2.58. The molecule has 0 amide bonds. The molecule has 21 heavy (non-hydrogen) atoms. The van der Waals surface area contributed by atoms with E-state index in [9.17, 15) is 5.26 Å². The molecule has 5 heteroatoms. The van der Waals surface area contributed by atoms with E-state index >= 15 is 0 Å². The van der Waals surface area contributed by atoms with Crippen molar-refractivity contribution in [2.24, 2.45) is 0 Å². The Kier molecular flexibility index (Phi) is 3.46. The van der Waals surface area contributed by atoms with E-state index in [0.29, 0.717) is 32.7 Å². The van der Waals surface area contributed by atoms with Crippen LogP contribution in [0, 0.1) is 11.3 Å². The number of aromatic nitrogens is 1. The highest BCUT2D eigenvalue weighted by Crippen LogP contribution is 2.35. The smallest absolute Gasteiger partial charge is 0.146 e. The number of nitriles is 1. The Labute approximate surface area is 129 Å². The number of halogens is 1. The first-order chi connectivity index (χ1) is 10.2. The van der Waals surface area contributed by atoms with Gasteiger partial charge in [0.25, 0.3) is 0 Å². The number of nitrogen functional groups attached to an aromatic ring is 1. The second-order valence-corrected chi connectivity index (χ2v) is 5.23. The number of hydrogen-bond acceptors (Lipinski definition) is 4. The lowest BCUT2D eigenvalue weighted by Gasteiger charge is -2.11. The van der Waals surface area contributed by atoms with E-state index in [1.54, 1.807) is 30.5 Å². The van der Waals surface area contributed by atoms with Gasteiger partial charge in [0.1, 0.15) is 23.1 Å². The van der Waals surface area contributed by atoms with E-state index < -0.39 is 0 Å². The van der Waals surface area contributed by atoms with E-state index in [1.807, 2.05) is 18.2 Å². The van der Waals surface area contributed by atoms with E-state index in [1.165, 1.54) is 0 Å². The van der Waals surface area contributed by atoms with Crippen molar-refractivity contribution in [2.75, 3.05) is 5.73 Å². The monoisotopic (exact) mass is 339 g/mol. The summed E-state index contributed by atoms with van der Waals surface area (Å²) < 4.78 is 6.60. The lowest BCUT2D eigenvalue weighted by Crippen LogP contribution is -1.94. The molecule has 4 nitrogen and oxygen atoms in total. The van der Waals surface area contributed by atoms with Crippen molar-refractivity contribution in [3.8, 4) is 17.6 Å². The fourth-order valence-corrected chi connectivity index (χ4v) is 2.51. The molecule has 0 saturated heterocycles. The van der Waals surface area contributed by atoms with Crippen molar-refractivity contribution >= 4 is 32.5 Å². The average Bonchev–Trinajstić information content (AvgIpc) is 2.51. The molecule has 0 unspecified atom stereocenters. The van der Waals surface area contributed by atoms with Gasteiger partial charge in [0.05, 0.1) is 11.2 Å². The van der Waals surface area contributed by atoms with Gasteiger partial charge in [0.15, 0.2) is 0 Å². The molecule has 0 radical (unpaired) electrons. The molecule has 0 atom stereocenters. The van der Waals surface area contributed by atoms with Gasteiger partial charge in [-0.3, -0.25) is 4.98 Å². The van der Waals surface area contributed by atoms with Crippen LogP contribution in [0.5, 0.6) is 11.5 Å². The fraction of sp³-hybridized carbons (Fsp3) is 0. The molecular weight excluding hydrogens is 330 g/mol. The molecule has 0 bridgehead atoms. The standard InChI is InChI=1S/C16H10BrN3O/c17-12-4-1-5-14(11(12)9-18)21-15-7-6-13(19)16-10(15)3-2-8-20-16/h1-8H,19H2. The van der Waals surface area contributed by atoms with Crippen LogP contribution in [0.25, 0.3) is 10.9 Å². The van der Waals surface area contributed by atoms with Crippen molar-refractivity contribution in [3.05, 3.63) is 58.7 Å². The number of fused-ring (bicyclic) bond motifs is 1. The zero-order chi connectivity index (χ0) is 14.8. The largest absolute Gasteiger partial charge is 0.455 e. The van der Waals surface area contributed by atoms with Crippen molar-refractivity contribution < 1.29 is 4.74 Å². The van der Waals surface area contributed by atoms with Crippen LogP contribution in [0.1, 0.15) is 5.56 Å². The molecule has 2 N–H and O–H groups in total. The second-order valence-electron chi connectivity index (χ2n) is 4.38. The lowest BCUT2D eigenvalue weighted by atomic mass is 10.1. The molecule has 3 aromatic rings. The molecule has 0 fully saturated rings. The summed E-state index contributed by atoms with van der Waals surface area (Å²) in [4.78, 5) is 4.26. The maximum absolute atomic E-state index is 9.24. The van der Waals surface area contributed by atoms with Crippen molar-refractivity contribution in [1.82, 2.24) is 4.98 Å². The Morgan fingerprint density at radius 2 is 1.95 bits per heavy atom. The van der Waals surface area contributed by atoms with Gasteiger partial charge in [-0.25, -0.2) is 0 Å². The minimum absolute atomic E-state index is 0.450. The summed E-state index contributed by atoms with van der Waals surface area (Å²) in [5.41, 5.74) is 7.65. The summed E-state index contributed by atoms with van der Waals surface area (Å²) in [6, 6.07) is 14.7. The molecule has 0 saturated carbocycles. The topological polar surface area (TPSA) is 71.9 Å². The summed E-state index contributed by atoms with van der Waals surface area (Å²) >= 11 is 3.35. The van der Waals surface area contributed by atoms with Crippen LogP contribution in [0.2, 0.25) is 0 Å². The SMILES string of the molecule is N#Cc1c(Br)cccc1Oc1ccc(N)c2ncccc12. The van der Waals surface area contributed by atoms with Crippen molar-refractivity contribution in [2.45, 2.75) is 0 Å². The van der Waals surface area contributed by atoms with Crippen LogP contribution in [0.4, 0.5) is 5.69 Å². The number of ether oxygens (including phenoxy) is 1. The molecule has 0 spiro atoms. The van der Waals surface area contributed by atoms with Gasteiger partial charge in [-0.05, 0) is 52.3 Å². The van der Waals surface area contributed by atoms with Gasteiger partial charge in [0, 0.05) is 16.1 Å². The summed E-state index contributed by atoms with van der Waals surface area (Å²) in [5.74, 6) is 1.10. The highest BCUT2D eigenvalue weighted by Gasteiger charge is 2.11. The van der Waals surface area contributed by atoms with Crippen molar-refractivity contribution in [3.63, 3.8) is 0 Å². The predicted octanol–water partition coefficient (Wildman–Crippen LogP) is 4.24. The first kappa shape index (κ1) is 13.4. The minimum Gasteiger partial charge on any atom is -0.455 e. The van der Waals surface area contributed by atoms with Gasteiger partial charge in [-0.1, -0.05) is 6.07 Å². The Balaban J connectivity index is 2.14. The fourth-order valence-electron chi connectivity index (χ4n) is 2.07. The van der Waals surface area contributed by atoms with Crippen LogP contribution >= 0.6 is 15.9 Å². The quantitative estimate of drug-likeness (QED) is 0.708. The third-order valence-electron chi connectivity index (χ3n) is 3.07. The lowest BCUT2D eigenvalue weighted by molar-refractivity contribution is 0.486. The number of nitrogens with zero attached hydrogens (tertiary/aromatic N) is 2. The molecule has 0 aliphatic heterocycles. The third kappa shape index (κ3) is 2.41. The number of rotatable bonds is 2. The van der Waals surface area contributed by atoms with Crippen LogP contribution < -0.4 is 10.5 Å². The highest BCUT2D eigenvalue weighted by atomic mass is 79.9. The van der Waals surface area contributed by atoms with E-state index in [4.69, 9.17) is 10.5 Å². The molecule has 1 aromatic heterocycles. The minimum atomic E-state index is 0.450. The van der Waals surface area contributed by atoms with Gasteiger partial charge in [-0.2, -0.15) is 5.26 Å². The molecule has 2 aromatic carbocycles. The van der Waals surface area contributed by atoms with Gasteiger partial charge in [-0.15, -0.1) is 0 Å². The van der Waals surface area contributed by atoms with Crippen LogP contribution in [-0.4, -0.2) is 4.98 Å². The number of nitrogens with two attached hydrogens (primary N) is 1. The Bertz CT molecular complexity index is 871. The van der Waals surface area contributed by atoms with E-state index in [-0.39, 0.29) is 0 Å². The van der Waals surface area contributed by atoms with Crippen LogP contribution in [-0.2, 0) is 0 Å². The summed E-state index contributed by atoms with van der Waals surface area (Å²) in [6.07, 6.45) is 1.68. The normalized spacial score (nSPS) is 10.3. The molecule has 0 aliphatic rings. The van der Waals surface area contributed by atoms with E-state index in [0.717, 1.165) is 5.39 Å². The maximum atomic E-state index is 9.24. The molecule has 0 aliphatic carbocycles. The van der Waals surface area contributed by atoms with Gasteiger partial charge in [0.2, 0.25) is 0 Å². The Morgan fingerprint density at radius 1 is 1.10 bits per heavy atom. The van der Waals surface area contributed by atoms with Gasteiger partial charge >= 0.3 is 0 Å². The number of anilines is 1. The third-order valence-corrected chi connectivity index (χ3v) is 3.73. The first-order valence-electron chi connectivity index (χ1n) is 6.20. The number of pyridine rings is 1. The molecule has 3 rings (SSSR count). The van der Waals surface area contributed by atoms with Crippen LogP contribution in [0.15, 0.2) is 53.1 Å². The first-order valence-corrected chi connectivity index (χ1v) is 6.99. The highest BCUT2D eigenvalue weighted by molar-refractivity contribution is 9.10. The van der Waals surface area contributed by atoms with E-state index in [2.05, 4.69) is 27.0 Å².